The maximum Gasteiger partial charge on any atom is 0.150 e. The average molecular weight is 227 g/mol. The zero-order valence-corrected chi connectivity index (χ0v) is 9.59. The number of hydrogen-bond donors (Lipinski definition) is 0. The van der Waals surface area contributed by atoms with E-state index in [2.05, 4.69) is 4.98 Å². The van der Waals surface area contributed by atoms with Crippen LogP contribution in [0.4, 0.5) is 0 Å². The van der Waals surface area contributed by atoms with Gasteiger partial charge in [-0.3, -0.25) is 9.78 Å². The molecule has 1 heterocycles. The van der Waals surface area contributed by atoms with Gasteiger partial charge in [0, 0.05) is 17.3 Å². The van der Waals surface area contributed by atoms with Gasteiger partial charge in [0.1, 0.15) is 5.75 Å². The number of aldehydes is 1. The topological polar surface area (TPSA) is 39.2 Å². The van der Waals surface area contributed by atoms with E-state index in [-0.39, 0.29) is 0 Å². The lowest BCUT2D eigenvalue weighted by molar-refractivity contribution is 0.112. The van der Waals surface area contributed by atoms with Crippen molar-refractivity contribution in [2.75, 3.05) is 6.61 Å². The first kappa shape index (κ1) is 11.3. The Bertz CT molecular complexity index is 523. The molecule has 0 aliphatic rings. The van der Waals surface area contributed by atoms with Gasteiger partial charge in [-0.05, 0) is 18.6 Å². The fourth-order valence-electron chi connectivity index (χ4n) is 1.67. The Morgan fingerprint density at radius 3 is 2.88 bits per heavy atom. The molecule has 0 saturated heterocycles. The van der Waals surface area contributed by atoms with Crippen LogP contribution in [0.25, 0.3) is 11.1 Å². The van der Waals surface area contributed by atoms with Crippen LogP contribution < -0.4 is 4.74 Å². The van der Waals surface area contributed by atoms with Gasteiger partial charge in [0.05, 0.1) is 12.8 Å². The highest BCUT2D eigenvalue weighted by Gasteiger charge is 2.05. The Morgan fingerprint density at radius 2 is 2.12 bits per heavy atom. The van der Waals surface area contributed by atoms with Crippen molar-refractivity contribution in [1.29, 1.82) is 0 Å². The molecule has 1 aromatic heterocycles. The van der Waals surface area contributed by atoms with Crippen LogP contribution in [-0.2, 0) is 0 Å². The minimum absolute atomic E-state index is 0.598. The highest BCUT2D eigenvalue weighted by Crippen LogP contribution is 2.24. The number of carbonyl (C=O) groups is 1. The number of aromatic nitrogens is 1. The van der Waals surface area contributed by atoms with Crippen molar-refractivity contribution >= 4 is 6.29 Å². The third-order valence-electron chi connectivity index (χ3n) is 2.42. The molecule has 0 N–H and O–H groups in total. The van der Waals surface area contributed by atoms with Crippen molar-refractivity contribution < 1.29 is 9.53 Å². The Labute approximate surface area is 100 Å². The van der Waals surface area contributed by atoms with E-state index in [9.17, 15) is 4.79 Å². The molecule has 0 bridgehead atoms. The Morgan fingerprint density at radius 1 is 1.29 bits per heavy atom. The summed E-state index contributed by atoms with van der Waals surface area (Å²) in [6.45, 7) is 2.52. The lowest BCUT2D eigenvalue weighted by atomic mass is 10.0. The normalized spacial score (nSPS) is 9.94. The summed E-state index contributed by atoms with van der Waals surface area (Å²) in [5.41, 5.74) is 2.41. The number of ether oxygens (including phenoxy) is 1. The fraction of sp³-hybridized carbons (Fsp3) is 0.143. The number of hydrogen-bond acceptors (Lipinski definition) is 3. The van der Waals surface area contributed by atoms with Gasteiger partial charge < -0.3 is 4.74 Å². The lowest BCUT2D eigenvalue weighted by Crippen LogP contribution is -1.93. The van der Waals surface area contributed by atoms with Crippen LogP contribution in [-0.4, -0.2) is 17.9 Å². The van der Waals surface area contributed by atoms with Gasteiger partial charge in [0.2, 0.25) is 0 Å². The Kier molecular flexibility index (Phi) is 3.50. The van der Waals surface area contributed by atoms with Crippen molar-refractivity contribution in [1.82, 2.24) is 4.98 Å². The van der Waals surface area contributed by atoms with Gasteiger partial charge >= 0.3 is 0 Å². The van der Waals surface area contributed by atoms with Crippen LogP contribution in [0, 0.1) is 0 Å². The largest absolute Gasteiger partial charge is 0.492 e. The van der Waals surface area contributed by atoms with E-state index in [0.717, 1.165) is 17.4 Å². The highest BCUT2D eigenvalue weighted by molar-refractivity contribution is 5.87. The summed E-state index contributed by atoms with van der Waals surface area (Å²) in [7, 11) is 0. The van der Waals surface area contributed by atoms with Gasteiger partial charge in [-0.15, -0.1) is 0 Å². The second-order valence-electron chi connectivity index (χ2n) is 3.55. The Hall–Kier alpha value is -2.16. The molecule has 0 spiro atoms. The third-order valence-corrected chi connectivity index (χ3v) is 2.42. The van der Waals surface area contributed by atoms with Crippen LogP contribution in [0.2, 0.25) is 0 Å². The fourth-order valence-corrected chi connectivity index (χ4v) is 1.67. The van der Waals surface area contributed by atoms with Crippen molar-refractivity contribution in [3.8, 4) is 16.9 Å². The third kappa shape index (κ3) is 2.50. The van der Waals surface area contributed by atoms with Crippen LogP contribution in [0.1, 0.15) is 17.3 Å². The van der Waals surface area contributed by atoms with E-state index < -0.39 is 0 Å². The molecule has 0 fully saturated rings. The van der Waals surface area contributed by atoms with Crippen LogP contribution in [0.3, 0.4) is 0 Å². The molecule has 2 rings (SSSR count). The maximum atomic E-state index is 11.0. The molecule has 2 aromatic rings. The zero-order chi connectivity index (χ0) is 12.1. The molecular formula is C14H13NO2. The SMILES string of the molecule is CCOc1cncc(-c2ccccc2C=O)c1. The summed E-state index contributed by atoms with van der Waals surface area (Å²) >= 11 is 0. The van der Waals surface area contributed by atoms with E-state index in [4.69, 9.17) is 4.74 Å². The predicted molar refractivity (Wildman–Crippen MR) is 66.2 cm³/mol. The first-order valence-electron chi connectivity index (χ1n) is 5.47. The molecule has 0 unspecified atom stereocenters. The highest BCUT2D eigenvalue weighted by atomic mass is 16.5. The number of pyridine rings is 1. The van der Waals surface area contributed by atoms with E-state index in [1.165, 1.54) is 0 Å². The number of rotatable bonds is 4. The monoisotopic (exact) mass is 227 g/mol. The number of benzene rings is 1. The predicted octanol–water partition coefficient (Wildman–Crippen LogP) is 2.96. The minimum atomic E-state index is 0.598. The standard InChI is InChI=1S/C14H13NO2/c1-2-17-13-7-12(8-15-9-13)14-6-4-3-5-11(14)10-16/h3-10H,2H2,1H3. The molecular weight excluding hydrogens is 214 g/mol. The summed E-state index contributed by atoms with van der Waals surface area (Å²) in [6, 6.07) is 9.31. The maximum absolute atomic E-state index is 11.0. The van der Waals surface area contributed by atoms with Gasteiger partial charge in [0.25, 0.3) is 0 Å². The number of nitrogens with zero attached hydrogens (tertiary/aromatic N) is 1. The van der Waals surface area contributed by atoms with Gasteiger partial charge in [-0.1, -0.05) is 24.3 Å². The molecule has 0 aliphatic carbocycles. The van der Waals surface area contributed by atoms with E-state index in [1.807, 2.05) is 31.2 Å². The van der Waals surface area contributed by atoms with Crippen molar-refractivity contribution in [2.45, 2.75) is 6.92 Å². The molecule has 0 amide bonds. The summed E-state index contributed by atoms with van der Waals surface area (Å²) in [5.74, 6) is 0.714. The minimum Gasteiger partial charge on any atom is -0.492 e. The summed E-state index contributed by atoms with van der Waals surface area (Å²) in [6.07, 6.45) is 4.24. The first-order valence-corrected chi connectivity index (χ1v) is 5.47. The van der Waals surface area contributed by atoms with Crippen LogP contribution >= 0.6 is 0 Å². The quantitative estimate of drug-likeness (QED) is 0.754. The molecule has 0 atom stereocenters. The van der Waals surface area contributed by atoms with Crippen molar-refractivity contribution in [3.05, 3.63) is 48.3 Å². The van der Waals surface area contributed by atoms with Crippen LogP contribution in [0.5, 0.6) is 5.75 Å². The zero-order valence-electron chi connectivity index (χ0n) is 9.59. The molecule has 3 nitrogen and oxygen atoms in total. The molecule has 0 saturated carbocycles. The molecule has 86 valence electrons. The molecule has 0 aliphatic heterocycles. The summed E-state index contributed by atoms with van der Waals surface area (Å²) < 4.78 is 5.39. The summed E-state index contributed by atoms with van der Waals surface area (Å²) in [5, 5.41) is 0. The second kappa shape index (κ2) is 5.25. The Balaban J connectivity index is 2.45. The number of carbonyl (C=O) groups excluding carboxylic acids is 1. The molecule has 17 heavy (non-hydrogen) atoms. The van der Waals surface area contributed by atoms with Crippen molar-refractivity contribution in [3.63, 3.8) is 0 Å². The van der Waals surface area contributed by atoms with Gasteiger partial charge in [0.15, 0.2) is 6.29 Å². The van der Waals surface area contributed by atoms with E-state index in [0.29, 0.717) is 17.9 Å². The average Bonchev–Trinajstić information content (AvgIpc) is 2.39. The second-order valence-corrected chi connectivity index (χ2v) is 3.55. The van der Waals surface area contributed by atoms with Gasteiger partial charge in [-0.25, -0.2) is 0 Å². The lowest BCUT2D eigenvalue weighted by Gasteiger charge is -2.07. The summed E-state index contributed by atoms with van der Waals surface area (Å²) in [4.78, 5) is 15.1. The molecule has 0 radical (unpaired) electrons. The smallest absolute Gasteiger partial charge is 0.150 e. The molecule has 3 heteroatoms. The van der Waals surface area contributed by atoms with Crippen LogP contribution in [0.15, 0.2) is 42.7 Å². The molecule has 1 aromatic carbocycles. The van der Waals surface area contributed by atoms with E-state index in [1.54, 1.807) is 18.5 Å². The van der Waals surface area contributed by atoms with Crippen molar-refractivity contribution in [2.24, 2.45) is 0 Å². The van der Waals surface area contributed by atoms with Gasteiger partial charge in [-0.2, -0.15) is 0 Å². The van der Waals surface area contributed by atoms with E-state index >= 15 is 0 Å². The first-order chi connectivity index (χ1) is 8.35.